The molecule has 1 aromatic rings. The van der Waals surface area contributed by atoms with Gasteiger partial charge in [0.2, 0.25) is 15.9 Å². The van der Waals surface area contributed by atoms with Crippen LogP contribution in [0, 0.1) is 5.92 Å². The van der Waals surface area contributed by atoms with E-state index in [0.29, 0.717) is 45.6 Å². The molecule has 3 rings (SSSR count). The maximum absolute atomic E-state index is 12.7. The molecule has 1 atom stereocenters. The number of sulfonamides is 1. The van der Waals surface area contributed by atoms with Crippen LogP contribution >= 0.6 is 0 Å². The predicted octanol–water partition coefficient (Wildman–Crippen LogP) is 1.30. The van der Waals surface area contributed by atoms with Crippen molar-refractivity contribution in [2.24, 2.45) is 5.92 Å². The van der Waals surface area contributed by atoms with Crippen LogP contribution < -0.4 is 10.2 Å². The molecule has 2 aliphatic rings. The van der Waals surface area contributed by atoms with Crippen LogP contribution in [0.3, 0.4) is 0 Å². The minimum Gasteiger partial charge on any atom is -0.444 e. The molecule has 33 heavy (non-hydrogen) atoms. The van der Waals surface area contributed by atoms with E-state index in [0.717, 1.165) is 5.82 Å². The Kier molecular flexibility index (Phi) is 8.17. The quantitative estimate of drug-likeness (QED) is 0.652. The monoisotopic (exact) mass is 481 g/mol. The summed E-state index contributed by atoms with van der Waals surface area (Å²) in [5.41, 5.74) is -0.594. The van der Waals surface area contributed by atoms with Crippen LogP contribution in [0.1, 0.15) is 33.6 Å². The molecule has 2 fully saturated rings. The lowest BCUT2D eigenvalue weighted by Gasteiger charge is -2.35. The average Bonchev–Trinajstić information content (AvgIpc) is 2.78. The number of anilines is 1. The summed E-state index contributed by atoms with van der Waals surface area (Å²) in [6, 6.07) is 5.67. The van der Waals surface area contributed by atoms with E-state index >= 15 is 0 Å². The van der Waals surface area contributed by atoms with Crippen LogP contribution in [0.2, 0.25) is 0 Å². The van der Waals surface area contributed by atoms with Crippen molar-refractivity contribution < 1.29 is 22.7 Å². The van der Waals surface area contributed by atoms with Crippen LogP contribution in [0.5, 0.6) is 0 Å². The number of amides is 2. The van der Waals surface area contributed by atoms with Gasteiger partial charge >= 0.3 is 6.09 Å². The largest absolute Gasteiger partial charge is 0.444 e. The van der Waals surface area contributed by atoms with Crippen molar-refractivity contribution in [3.63, 3.8) is 0 Å². The van der Waals surface area contributed by atoms with Gasteiger partial charge in [0.25, 0.3) is 0 Å². The van der Waals surface area contributed by atoms with Crippen molar-refractivity contribution in [3.05, 3.63) is 24.4 Å². The van der Waals surface area contributed by atoms with Crippen molar-refractivity contribution in [2.75, 3.05) is 56.5 Å². The lowest BCUT2D eigenvalue weighted by atomic mass is 9.97. The second-order valence-electron chi connectivity index (χ2n) is 9.45. The molecular formula is C22H35N5O5S. The van der Waals surface area contributed by atoms with Crippen LogP contribution in [-0.2, 0) is 19.6 Å². The fraction of sp³-hybridized carbons (Fsp3) is 0.682. The summed E-state index contributed by atoms with van der Waals surface area (Å²) in [5, 5.41) is 2.75. The van der Waals surface area contributed by atoms with Gasteiger partial charge in [0.1, 0.15) is 11.4 Å². The maximum Gasteiger partial charge on any atom is 0.410 e. The van der Waals surface area contributed by atoms with E-state index in [1.807, 2.05) is 18.2 Å². The second-order valence-corrected chi connectivity index (χ2v) is 11.5. The number of carbonyl (C=O) groups excluding carboxylic acids is 2. The lowest BCUT2D eigenvalue weighted by molar-refractivity contribution is -0.126. The summed E-state index contributed by atoms with van der Waals surface area (Å²) < 4.78 is 32.3. The molecule has 1 aromatic heterocycles. The van der Waals surface area contributed by atoms with E-state index in [-0.39, 0.29) is 30.7 Å². The number of piperazine rings is 1. The first-order chi connectivity index (χ1) is 15.5. The average molecular weight is 482 g/mol. The van der Waals surface area contributed by atoms with Crippen LogP contribution in [-0.4, -0.2) is 91.8 Å². The SMILES string of the molecule is CC(C)(C)OC(=O)N1CCCC(C(=O)NCCS(=O)(=O)N2CCN(c3ccccn3)CC2)C1. The number of rotatable bonds is 6. The smallest absolute Gasteiger partial charge is 0.410 e. The van der Waals surface area contributed by atoms with Crippen LogP contribution in [0.25, 0.3) is 0 Å². The van der Waals surface area contributed by atoms with Gasteiger partial charge in [-0.2, -0.15) is 4.31 Å². The normalized spacial score (nSPS) is 20.4. The first-order valence-corrected chi connectivity index (χ1v) is 13.1. The van der Waals surface area contributed by atoms with Crippen molar-refractivity contribution in [3.8, 4) is 0 Å². The number of piperidine rings is 1. The molecule has 11 heteroatoms. The van der Waals surface area contributed by atoms with E-state index in [1.54, 1.807) is 31.9 Å². The molecule has 2 aliphatic heterocycles. The fourth-order valence-corrected chi connectivity index (χ4v) is 5.33. The molecule has 2 saturated heterocycles. The summed E-state index contributed by atoms with van der Waals surface area (Å²) in [6.45, 7) is 8.22. The standard InChI is InChI=1S/C22H35N5O5S/c1-22(2,3)32-21(29)26-11-6-7-18(17-26)20(28)24-10-16-33(30,31)27-14-12-25(13-15-27)19-8-4-5-9-23-19/h4-5,8-9,18H,6-7,10-17H2,1-3H3,(H,24,28). The Hall–Kier alpha value is -2.40. The fourth-order valence-electron chi connectivity index (χ4n) is 4.00. The molecule has 0 bridgehead atoms. The zero-order valence-electron chi connectivity index (χ0n) is 19.7. The third-order valence-corrected chi connectivity index (χ3v) is 7.58. The number of hydrogen-bond acceptors (Lipinski definition) is 7. The van der Waals surface area contributed by atoms with Crippen molar-refractivity contribution in [1.29, 1.82) is 0 Å². The Labute approximate surface area is 196 Å². The van der Waals surface area contributed by atoms with Gasteiger partial charge in [-0.3, -0.25) is 4.79 Å². The molecular weight excluding hydrogens is 446 g/mol. The highest BCUT2D eigenvalue weighted by Crippen LogP contribution is 2.20. The van der Waals surface area contributed by atoms with E-state index in [4.69, 9.17) is 4.74 Å². The Morgan fingerprint density at radius 2 is 1.88 bits per heavy atom. The first kappa shape index (κ1) is 25.2. The van der Waals surface area contributed by atoms with Gasteiger partial charge in [0, 0.05) is 52.0 Å². The van der Waals surface area contributed by atoms with E-state index in [9.17, 15) is 18.0 Å². The predicted molar refractivity (Wildman–Crippen MR) is 125 cm³/mol. The van der Waals surface area contributed by atoms with Gasteiger partial charge in [0.15, 0.2) is 0 Å². The van der Waals surface area contributed by atoms with Crippen molar-refractivity contribution >= 4 is 27.8 Å². The highest BCUT2D eigenvalue weighted by Gasteiger charge is 2.32. The summed E-state index contributed by atoms with van der Waals surface area (Å²) in [6.07, 6.45) is 2.66. The number of likely N-dealkylation sites (tertiary alicyclic amines) is 1. The van der Waals surface area contributed by atoms with Crippen LogP contribution in [0.4, 0.5) is 10.6 Å². The maximum atomic E-state index is 12.7. The van der Waals surface area contributed by atoms with E-state index < -0.39 is 21.7 Å². The lowest BCUT2D eigenvalue weighted by Crippen LogP contribution is -2.51. The molecule has 1 unspecified atom stereocenters. The molecule has 0 saturated carbocycles. The molecule has 1 N–H and O–H groups in total. The third-order valence-electron chi connectivity index (χ3n) is 5.71. The number of carbonyl (C=O) groups is 2. The van der Waals surface area contributed by atoms with Gasteiger partial charge in [-0.05, 0) is 45.7 Å². The molecule has 10 nitrogen and oxygen atoms in total. The molecule has 184 valence electrons. The summed E-state index contributed by atoms with van der Waals surface area (Å²) in [7, 11) is -3.47. The summed E-state index contributed by atoms with van der Waals surface area (Å²) in [5.74, 6) is 0.106. The van der Waals surface area contributed by atoms with Crippen LogP contribution in [0.15, 0.2) is 24.4 Å². The Morgan fingerprint density at radius 3 is 2.52 bits per heavy atom. The Morgan fingerprint density at radius 1 is 1.15 bits per heavy atom. The zero-order chi connectivity index (χ0) is 24.1. The number of nitrogens with zero attached hydrogens (tertiary/aromatic N) is 4. The van der Waals surface area contributed by atoms with Gasteiger partial charge < -0.3 is 19.9 Å². The molecule has 2 amide bonds. The molecule has 0 aromatic carbocycles. The van der Waals surface area contributed by atoms with Crippen molar-refractivity contribution in [2.45, 2.75) is 39.2 Å². The Balaban J connectivity index is 1.42. The number of nitrogens with one attached hydrogen (secondary N) is 1. The molecule has 0 spiro atoms. The molecule has 3 heterocycles. The number of aromatic nitrogens is 1. The topological polar surface area (TPSA) is 112 Å². The number of pyridine rings is 1. The number of hydrogen-bond donors (Lipinski definition) is 1. The highest BCUT2D eigenvalue weighted by atomic mass is 32.2. The Bertz CT molecular complexity index is 911. The van der Waals surface area contributed by atoms with E-state index in [1.165, 1.54) is 4.31 Å². The zero-order valence-corrected chi connectivity index (χ0v) is 20.5. The van der Waals surface area contributed by atoms with Gasteiger partial charge in [-0.1, -0.05) is 6.07 Å². The van der Waals surface area contributed by atoms with Gasteiger partial charge in [-0.25, -0.2) is 18.2 Å². The van der Waals surface area contributed by atoms with Gasteiger partial charge in [0.05, 0.1) is 11.7 Å². The molecule has 0 radical (unpaired) electrons. The van der Waals surface area contributed by atoms with Crippen molar-refractivity contribution in [1.82, 2.24) is 19.5 Å². The third kappa shape index (κ3) is 7.29. The molecule has 0 aliphatic carbocycles. The second kappa shape index (κ2) is 10.7. The minimum atomic E-state index is -3.47. The minimum absolute atomic E-state index is 0.0462. The number of ether oxygens (including phenoxy) is 1. The highest BCUT2D eigenvalue weighted by molar-refractivity contribution is 7.89. The van der Waals surface area contributed by atoms with Gasteiger partial charge in [-0.15, -0.1) is 0 Å². The first-order valence-electron chi connectivity index (χ1n) is 11.4. The summed E-state index contributed by atoms with van der Waals surface area (Å²) in [4.78, 5) is 32.8. The summed E-state index contributed by atoms with van der Waals surface area (Å²) >= 11 is 0. The van der Waals surface area contributed by atoms with E-state index in [2.05, 4.69) is 15.2 Å².